The maximum atomic E-state index is 12.8. The van der Waals surface area contributed by atoms with Crippen molar-refractivity contribution in [1.29, 1.82) is 0 Å². The number of hydrogen-bond acceptors (Lipinski definition) is 7. The van der Waals surface area contributed by atoms with E-state index in [2.05, 4.69) is 15.9 Å². The van der Waals surface area contributed by atoms with Gasteiger partial charge in [-0.15, -0.1) is 0 Å². The molecule has 7 nitrogen and oxygen atoms in total. The molecule has 0 aromatic heterocycles. The summed E-state index contributed by atoms with van der Waals surface area (Å²) < 4.78 is 37.0. The molecule has 0 saturated heterocycles. The van der Waals surface area contributed by atoms with Crippen LogP contribution in [0.15, 0.2) is 16.6 Å². The van der Waals surface area contributed by atoms with Crippen LogP contribution in [-0.4, -0.2) is 63.0 Å². The quantitative estimate of drug-likeness (QED) is 0.151. The van der Waals surface area contributed by atoms with Gasteiger partial charge < -0.3 is 26.6 Å². The molecule has 0 atom stereocenters. The Morgan fingerprint density at radius 3 is 1.21 bits per heavy atom. The van der Waals surface area contributed by atoms with Gasteiger partial charge in [0.15, 0.2) is 5.78 Å². The van der Waals surface area contributed by atoms with E-state index in [9.17, 15) is 4.79 Å². The van der Waals surface area contributed by atoms with Crippen molar-refractivity contribution >= 4 is 39.3 Å². The van der Waals surface area contributed by atoms with Gasteiger partial charge in [0.05, 0.1) is 0 Å². The summed E-state index contributed by atoms with van der Waals surface area (Å²) in [6.07, 6.45) is 1.25. The van der Waals surface area contributed by atoms with E-state index in [0.29, 0.717) is 64.6 Å². The number of carbonyl (C=O) groups excluding carboxylic acids is 1. The fourth-order valence-electron chi connectivity index (χ4n) is 4.15. The van der Waals surface area contributed by atoms with Gasteiger partial charge in [0, 0.05) is 61.8 Å². The van der Waals surface area contributed by atoms with Crippen LogP contribution in [0, 0.1) is 0 Å². The first-order valence-corrected chi connectivity index (χ1v) is 17.1. The van der Waals surface area contributed by atoms with Crippen molar-refractivity contribution in [2.45, 2.75) is 73.4 Å². The zero-order valence-corrected chi connectivity index (χ0v) is 25.5. The molecular formula is C24H43BrO7Si2. The lowest BCUT2D eigenvalue weighted by atomic mass is 9.95. The van der Waals surface area contributed by atoms with E-state index in [1.165, 1.54) is 0 Å². The lowest BCUT2D eigenvalue weighted by Gasteiger charge is -2.29. The van der Waals surface area contributed by atoms with Crippen LogP contribution in [0.25, 0.3) is 0 Å². The topological polar surface area (TPSA) is 72.5 Å². The molecule has 1 rings (SSSR count). The largest absolute Gasteiger partial charge is 0.501 e. The highest BCUT2D eigenvalue weighted by atomic mass is 79.9. The molecule has 0 fully saturated rings. The molecule has 0 spiro atoms. The SMILES string of the molecule is CCO[Si](CCc1cc(Br)cc(CC[Si](OCC)(OCC)OCC)c1C(C)=O)(OCC)OCC. The second-order valence-corrected chi connectivity index (χ2v) is 14.0. The van der Waals surface area contributed by atoms with Crippen molar-refractivity contribution in [3.8, 4) is 0 Å². The molecule has 0 aliphatic rings. The molecule has 34 heavy (non-hydrogen) atoms. The number of ketones is 1. The molecule has 0 amide bonds. The van der Waals surface area contributed by atoms with Gasteiger partial charge in [-0.2, -0.15) is 0 Å². The number of hydrogen-bond donors (Lipinski definition) is 0. The molecule has 0 aliphatic carbocycles. The molecule has 1 aromatic carbocycles. The first-order valence-electron chi connectivity index (χ1n) is 12.4. The summed E-state index contributed by atoms with van der Waals surface area (Å²) in [7, 11) is -5.66. The zero-order chi connectivity index (χ0) is 25.6. The third-order valence-corrected chi connectivity index (χ3v) is 11.8. The van der Waals surface area contributed by atoms with Crippen molar-refractivity contribution in [3.05, 3.63) is 33.3 Å². The number of halogens is 1. The fraction of sp³-hybridized carbons (Fsp3) is 0.708. The van der Waals surface area contributed by atoms with Crippen molar-refractivity contribution in [3.63, 3.8) is 0 Å². The molecule has 1 aromatic rings. The first-order chi connectivity index (χ1) is 16.3. The monoisotopic (exact) mass is 578 g/mol. The smallest absolute Gasteiger partial charge is 0.374 e. The van der Waals surface area contributed by atoms with Crippen LogP contribution in [0.2, 0.25) is 12.1 Å². The van der Waals surface area contributed by atoms with E-state index in [1.54, 1.807) is 6.92 Å². The highest BCUT2D eigenvalue weighted by Gasteiger charge is 2.41. The number of carbonyl (C=O) groups is 1. The Kier molecular flexibility index (Phi) is 15.2. The minimum absolute atomic E-state index is 0.0329. The van der Waals surface area contributed by atoms with Gasteiger partial charge in [-0.3, -0.25) is 4.79 Å². The van der Waals surface area contributed by atoms with E-state index in [4.69, 9.17) is 26.6 Å². The zero-order valence-electron chi connectivity index (χ0n) is 22.0. The number of Topliss-reactive ketones (excluding diaryl/α,β-unsaturated/α-hetero) is 1. The van der Waals surface area contributed by atoms with E-state index in [-0.39, 0.29) is 5.78 Å². The second kappa shape index (κ2) is 16.3. The van der Waals surface area contributed by atoms with Crippen LogP contribution < -0.4 is 0 Å². The lowest BCUT2D eigenvalue weighted by molar-refractivity contribution is 0.0707. The average molecular weight is 580 g/mol. The van der Waals surface area contributed by atoms with Crippen LogP contribution in [-0.2, 0) is 39.4 Å². The maximum absolute atomic E-state index is 12.8. The normalized spacial score (nSPS) is 12.4. The lowest BCUT2D eigenvalue weighted by Crippen LogP contribution is -2.46. The highest BCUT2D eigenvalue weighted by molar-refractivity contribution is 9.10. The van der Waals surface area contributed by atoms with Crippen LogP contribution in [0.4, 0.5) is 0 Å². The van der Waals surface area contributed by atoms with Crippen molar-refractivity contribution in [1.82, 2.24) is 0 Å². The standard InChI is InChI=1S/C24H43BrO7Si2/c1-8-27-33(28-9-2,29-10-3)16-14-21-18-23(25)19-22(24(21)20(7)26)15-17-34(30-11-4,31-12-5)32-13-6/h18-19H,8-17H2,1-7H3. The molecule has 0 saturated carbocycles. The molecule has 0 unspecified atom stereocenters. The summed E-state index contributed by atoms with van der Waals surface area (Å²) in [4.78, 5) is 12.8. The molecule has 0 bridgehead atoms. The summed E-state index contributed by atoms with van der Waals surface area (Å²) in [6, 6.07) is 5.24. The van der Waals surface area contributed by atoms with Crippen LogP contribution in [0.3, 0.4) is 0 Å². The first kappa shape index (κ1) is 31.6. The second-order valence-electron chi connectivity index (χ2n) is 7.62. The third-order valence-electron chi connectivity index (χ3n) is 5.21. The van der Waals surface area contributed by atoms with E-state index in [1.807, 2.05) is 53.7 Å². The summed E-state index contributed by atoms with van der Waals surface area (Å²) in [5, 5.41) is 0. The fourth-order valence-corrected chi connectivity index (χ4v) is 9.86. The predicted molar refractivity (Wildman–Crippen MR) is 142 cm³/mol. The van der Waals surface area contributed by atoms with E-state index < -0.39 is 17.6 Å². The van der Waals surface area contributed by atoms with Gasteiger partial charge >= 0.3 is 17.6 Å². The maximum Gasteiger partial charge on any atom is 0.501 e. The molecule has 10 heteroatoms. The van der Waals surface area contributed by atoms with E-state index in [0.717, 1.165) is 21.2 Å². The highest BCUT2D eigenvalue weighted by Crippen LogP contribution is 2.29. The molecule has 0 aliphatic heterocycles. The van der Waals surface area contributed by atoms with Gasteiger partial charge in [0.1, 0.15) is 0 Å². The Hall–Kier alpha value is -0.436. The number of aryl methyl sites for hydroxylation is 2. The molecule has 0 radical (unpaired) electrons. The Labute approximate surface area is 216 Å². The average Bonchev–Trinajstić information content (AvgIpc) is 2.77. The summed E-state index contributed by atoms with van der Waals surface area (Å²) >= 11 is 3.65. The van der Waals surface area contributed by atoms with Crippen LogP contribution in [0.1, 0.15) is 70.0 Å². The van der Waals surface area contributed by atoms with Gasteiger partial charge in [0.25, 0.3) is 0 Å². The van der Waals surface area contributed by atoms with Gasteiger partial charge in [0.2, 0.25) is 0 Å². The van der Waals surface area contributed by atoms with E-state index >= 15 is 0 Å². The molecule has 0 N–H and O–H groups in total. The predicted octanol–water partition coefficient (Wildman–Crippen LogP) is 5.83. The van der Waals surface area contributed by atoms with Crippen LogP contribution in [0.5, 0.6) is 0 Å². The van der Waals surface area contributed by atoms with Crippen molar-refractivity contribution < 1.29 is 31.4 Å². The van der Waals surface area contributed by atoms with Crippen LogP contribution >= 0.6 is 15.9 Å². The van der Waals surface area contributed by atoms with Gasteiger partial charge in [-0.05, 0) is 84.6 Å². The van der Waals surface area contributed by atoms with Gasteiger partial charge in [-0.25, -0.2) is 0 Å². The summed E-state index contributed by atoms with van der Waals surface area (Å²) in [6.45, 7) is 16.4. The molecule has 0 heterocycles. The number of benzene rings is 1. The summed E-state index contributed by atoms with van der Waals surface area (Å²) in [5.74, 6) is 0.0329. The number of rotatable bonds is 19. The minimum atomic E-state index is -2.83. The summed E-state index contributed by atoms with van der Waals surface area (Å²) in [5.41, 5.74) is 2.66. The minimum Gasteiger partial charge on any atom is -0.374 e. The molecule has 196 valence electrons. The Bertz CT molecular complexity index is 663. The Morgan fingerprint density at radius 2 is 0.971 bits per heavy atom. The Morgan fingerprint density at radius 1 is 0.676 bits per heavy atom. The molecular weight excluding hydrogens is 536 g/mol. The van der Waals surface area contributed by atoms with Gasteiger partial charge in [-0.1, -0.05) is 15.9 Å². The van der Waals surface area contributed by atoms with Crippen molar-refractivity contribution in [2.75, 3.05) is 39.6 Å². The third kappa shape index (κ3) is 9.55. The van der Waals surface area contributed by atoms with Crippen molar-refractivity contribution in [2.24, 2.45) is 0 Å². The Balaban J connectivity index is 3.29.